The molecule has 0 bridgehead atoms. The maximum atomic E-state index is 12.4. The quantitative estimate of drug-likeness (QED) is 0.809. The molecule has 3 N–H and O–H groups in total. The van der Waals surface area contributed by atoms with Crippen LogP contribution in [-0.2, 0) is 0 Å². The Morgan fingerprint density at radius 2 is 1.91 bits per heavy atom. The zero-order valence-electron chi connectivity index (χ0n) is 13.4. The minimum Gasteiger partial charge on any atom is -0.305 e. The fourth-order valence-electron chi connectivity index (χ4n) is 3.10. The molecule has 3 rings (SSSR count). The van der Waals surface area contributed by atoms with Crippen LogP contribution in [0, 0.1) is 13.8 Å². The van der Waals surface area contributed by atoms with Crippen LogP contribution in [0.5, 0.6) is 0 Å². The summed E-state index contributed by atoms with van der Waals surface area (Å²) in [5, 5.41) is 16.1. The average Bonchev–Trinajstić information content (AvgIpc) is 3.01. The van der Waals surface area contributed by atoms with Gasteiger partial charge in [0, 0.05) is 17.7 Å². The number of carbonyl (C=O) groups is 1. The van der Waals surface area contributed by atoms with Gasteiger partial charge in [-0.25, -0.2) is 5.10 Å². The smallest absolute Gasteiger partial charge is 0.277 e. The number of hydrogen-bond donors (Lipinski definition) is 3. The van der Waals surface area contributed by atoms with Crippen LogP contribution in [0.25, 0.3) is 0 Å². The van der Waals surface area contributed by atoms with E-state index in [1.165, 1.54) is 19.3 Å². The predicted molar refractivity (Wildman–Crippen MR) is 86.7 cm³/mol. The molecule has 0 unspecified atom stereocenters. The molecule has 0 radical (unpaired) electrons. The molecule has 1 fully saturated rings. The van der Waals surface area contributed by atoms with Crippen LogP contribution in [0.3, 0.4) is 0 Å². The summed E-state index contributed by atoms with van der Waals surface area (Å²) >= 11 is 0. The number of hydrogen-bond acceptors (Lipinski definition) is 4. The average molecular weight is 315 g/mol. The molecular formula is C16H21N5O2. The van der Waals surface area contributed by atoms with Crippen LogP contribution in [-0.4, -0.2) is 26.3 Å². The number of anilines is 1. The van der Waals surface area contributed by atoms with E-state index in [9.17, 15) is 9.59 Å². The Morgan fingerprint density at radius 3 is 2.65 bits per heavy atom. The highest BCUT2D eigenvalue weighted by molar-refractivity contribution is 6.04. The summed E-state index contributed by atoms with van der Waals surface area (Å²) in [5.74, 6) is 0.468. The number of nitrogens with one attached hydrogen (secondary N) is 3. The molecule has 2 aromatic heterocycles. The van der Waals surface area contributed by atoms with Crippen LogP contribution in [0.1, 0.15) is 65.3 Å². The van der Waals surface area contributed by atoms with E-state index in [1.54, 1.807) is 13.8 Å². The molecule has 0 saturated heterocycles. The SMILES string of the molecule is Cc1n[nH]c(=O)c(C(=O)Nc2cc(C3CCCCC3)[nH]n2)c1C. The first-order valence-corrected chi connectivity index (χ1v) is 7.99. The normalized spacial score (nSPS) is 15.6. The van der Waals surface area contributed by atoms with Crippen LogP contribution in [0.4, 0.5) is 5.82 Å². The molecule has 7 heteroatoms. The molecule has 0 atom stereocenters. The Morgan fingerprint density at radius 1 is 1.17 bits per heavy atom. The van der Waals surface area contributed by atoms with Gasteiger partial charge in [-0.2, -0.15) is 10.2 Å². The summed E-state index contributed by atoms with van der Waals surface area (Å²) in [6.45, 7) is 3.46. The molecule has 122 valence electrons. The Hall–Kier alpha value is -2.44. The number of carbonyl (C=O) groups excluding carboxylic acids is 1. The fraction of sp³-hybridized carbons (Fsp3) is 0.500. The summed E-state index contributed by atoms with van der Waals surface area (Å²) in [6, 6.07) is 1.87. The molecule has 1 aliphatic rings. The number of rotatable bonds is 3. The highest BCUT2D eigenvalue weighted by Gasteiger charge is 2.20. The van der Waals surface area contributed by atoms with Gasteiger partial charge in [0.15, 0.2) is 5.82 Å². The maximum absolute atomic E-state index is 12.4. The molecule has 0 spiro atoms. The number of amides is 1. The van der Waals surface area contributed by atoms with Crippen LogP contribution < -0.4 is 10.9 Å². The Kier molecular flexibility index (Phi) is 4.27. The van der Waals surface area contributed by atoms with Gasteiger partial charge in [0.1, 0.15) is 5.56 Å². The highest BCUT2D eigenvalue weighted by atomic mass is 16.2. The van der Waals surface area contributed by atoms with Gasteiger partial charge in [0.05, 0.1) is 5.69 Å². The third-order valence-corrected chi connectivity index (χ3v) is 4.58. The molecule has 1 saturated carbocycles. The Balaban J connectivity index is 1.77. The van der Waals surface area contributed by atoms with E-state index in [4.69, 9.17) is 0 Å². The van der Waals surface area contributed by atoms with Crippen molar-refractivity contribution in [2.24, 2.45) is 0 Å². The van der Waals surface area contributed by atoms with E-state index in [0.717, 1.165) is 18.5 Å². The third kappa shape index (κ3) is 3.18. The fourth-order valence-corrected chi connectivity index (χ4v) is 3.10. The van der Waals surface area contributed by atoms with Crippen molar-refractivity contribution >= 4 is 11.7 Å². The van der Waals surface area contributed by atoms with E-state index < -0.39 is 11.5 Å². The zero-order chi connectivity index (χ0) is 16.4. The van der Waals surface area contributed by atoms with Gasteiger partial charge in [0.2, 0.25) is 0 Å². The molecule has 0 aromatic carbocycles. The lowest BCUT2D eigenvalue weighted by molar-refractivity contribution is 0.102. The molecule has 0 aliphatic heterocycles. The van der Waals surface area contributed by atoms with Gasteiger partial charge >= 0.3 is 0 Å². The number of H-pyrrole nitrogens is 2. The van der Waals surface area contributed by atoms with Gasteiger partial charge in [-0.15, -0.1) is 0 Å². The highest BCUT2D eigenvalue weighted by Crippen LogP contribution is 2.32. The zero-order valence-corrected chi connectivity index (χ0v) is 13.4. The summed E-state index contributed by atoms with van der Waals surface area (Å²) in [5.41, 5.74) is 1.85. The second kappa shape index (κ2) is 6.36. The lowest BCUT2D eigenvalue weighted by Crippen LogP contribution is -2.26. The largest absolute Gasteiger partial charge is 0.305 e. The first-order valence-electron chi connectivity index (χ1n) is 7.99. The maximum Gasteiger partial charge on any atom is 0.277 e. The van der Waals surface area contributed by atoms with Crippen molar-refractivity contribution in [3.63, 3.8) is 0 Å². The Labute approximate surface area is 133 Å². The van der Waals surface area contributed by atoms with E-state index in [-0.39, 0.29) is 5.56 Å². The lowest BCUT2D eigenvalue weighted by atomic mass is 9.87. The lowest BCUT2D eigenvalue weighted by Gasteiger charge is -2.19. The van der Waals surface area contributed by atoms with E-state index in [2.05, 4.69) is 25.7 Å². The van der Waals surface area contributed by atoms with Gasteiger partial charge in [-0.3, -0.25) is 14.7 Å². The summed E-state index contributed by atoms with van der Waals surface area (Å²) in [4.78, 5) is 24.3. The molecule has 23 heavy (non-hydrogen) atoms. The summed E-state index contributed by atoms with van der Waals surface area (Å²) < 4.78 is 0. The van der Waals surface area contributed by atoms with Crippen molar-refractivity contribution < 1.29 is 4.79 Å². The third-order valence-electron chi connectivity index (χ3n) is 4.58. The molecule has 2 heterocycles. The Bertz CT molecular complexity index is 771. The van der Waals surface area contributed by atoms with Crippen molar-refractivity contribution in [2.75, 3.05) is 5.32 Å². The van der Waals surface area contributed by atoms with E-state index in [1.807, 2.05) is 6.07 Å². The predicted octanol–water partition coefficient (Wildman–Crippen LogP) is 2.41. The van der Waals surface area contributed by atoms with Crippen molar-refractivity contribution in [2.45, 2.75) is 51.9 Å². The van der Waals surface area contributed by atoms with Gasteiger partial charge < -0.3 is 5.32 Å². The molecule has 1 amide bonds. The first-order chi connectivity index (χ1) is 11.1. The monoisotopic (exact) mass is 315 g/mol. The van der Waals surface area contributed by atoms with Gasteiger partial charge in [-0.05, 0) is 32.3 Å². The van der Waals surface area contributed by atoms with Crippen molar-refractivity contribution in [1.29, 1.82) is 0 Å². The van der Waals surface area contributed by atoms with Crippen LogP contribution in [0.15, 0.2) is 10.9 Å². The number of aryl methyl sites for hydroxylation is 1. The minimum absolute atomic E-state index is 0.0831. The number of aromatic nitrogens is 4. The number of nitrogens with zero attached hydrogens (tertiary/aromatic N) is 2. The molecular weight excluding hydrogens is 294 g/mol. The van der Waals surface area contributed by atoms with E-state index >= 15 is 0 Å². The number of aromatic amines is 2. The van der Waals surface area contributed by atoms with Crippen molar-refractivity contribution in [3.05, 3.63) is 38.9 Å². The van der Waals surface area contributed by atoms with Gasteiger partial charge in [0.25, 0.3) is 11.5 Å². The molecule has 1 aliphatic carbocycles. The molecule has 7 nitrogen and oxygen atoms in total. The van der Waals surface area contributed by atoms with Gasteiger partial charge in [-0.1, -0.05) is 19.3 Å². The topological polar surface area (TPSA) is 104 Å². The standard InChI is InChI=1S/C16H21N5O2/c1-9-10(2)18-21-16(23)14(9)15(22)17-13-8-12(19-20-13)11-6-4-3-5-7-11/h8,11H,3-7H2,1-2H3,(H,21,23)(H2,17,19,20,22). The van der Waals surface area contributed by atoms with Crippen molar-refractivity contribution in [3.8, 4) is 0 Å². The van der Waals surface area contributed by atoms with Crippen molar-refractivity contribution in [1.82, 2.24) is 20.4 Å². The summed E-state index contributed by atoms with van der Waals surface area (Å²) in [7, 11) is 0. The second-order valence-electron chi connectivity index (χ2n) is 6.14. The molecule has 2 aromatic rings. The first kappa shape index (κ1) is 15.5. The van der Waals surface area contributed by atoms with E-state index in [0.29, 0.717) is 23.0 Å². The minimum atomic E-state index is -0.492. The second-order valence-corrected chi connectivity index (χ2v) is 6.14. The van der Waals surface area contributed by atoms with Crippen LogP contribution >= 0.6 is 0 Å². The van der Waals surface area contributed by atoms with Crippen LogP contribution in [0.2, 0.25) is 0 Å². The summed E-state index contributed by atoms with van der Waals surface area (Å²) in [6.07, 6.45) is 6.06.